The molecule has 1 aliphatic rings. The van der Waals surface area contributed by atoms with Crippen LogP contribution in [0.1, 0.15) is 66.2 Å². The smallest absolute Gasteiger partial charge is 0.151 e. The van der Waals surface area contributed by atoms with Gasteiger partial charge in [0.05, 0.1) is 6.04 Å². The summed E-state index contributed by atoms with van der Waals surface area (Å²) in [6.07, 6.45) is 8.96. The van der Waals surface area contributed by atoms with Crippen LogP contribution in [0.3, 0.4) is 0 Å². The Morgan fingerprint density at radius 3 is 2.35 bits per heavy atom. The lowest BCUT2D eigenvalue weighted by molar-refractivity contribution is 0.443. The molecule has 0 heterocycles. The van der Waals surface area contributed by atoms with Crippen LogP contribution in [-0.2, 0) is 0 Å². The molecule has 0 aromatic rings. The molecule has 0 unspecified atom stereocenters. The lowest BCUT2D eigenvalue weighted by atomic mass is 9.96. The van der Waals surface area contributed by atoms with Crippen LogP contribution in [0.25, 0.3) is 0 Å². The number of nitrogens with one attached hydrogen (secondary N) is 1. The van der Waals surface area contributed by atoms with E-state index in [1.54, 1.807) is 6.20 Å². The van der Waals surface area contributed by atoms with Crippen molar-refractivity contribution < 1.29 is 0 Å². The summed E-state index contributed by atoms with van der Waals surface area (Å²) in [6, 6.07) is 0.428. The lowest BCUT2D eigenvalue weighted by Crippen LogP contribution is -2.24. The second kappa shape index (κ2) is 8.72. The highest BCUT2D eigenvalue weighted by atomic mass is 15.0. The Labute approximate surface area is 124 Å². The number of amidine groups is 1. The molecule has 1 N–H and O–H groups in total. The molecule has 0 atom stereocenters. The average Bonchev–Trinajstić information content (AvgIpc) is 2.45. The molecule has 0 aromatic heterocycles. The summed E-state index contributed by atoms with van der Waals surface area (Å²) >= 11 is 0. The maximum atomic E-state index is 4.90. The predicted molar refractivity (Wildman–Crippen MR) is 89.4 cm³/mol. The fraction of sp³-hybridized carbons (Fsp3) is 0.647. The second-order valence-corrected chi connectivity index (χ2v) is 5.67. The van der Waals surface area contributed by atoms with Crippen LogP contribution in [0.2, 0.25) is 0 Å². The largest absolute Gasteiger partial charge is 0.346 e. The van der Waals surface area contributed by atoms with Gasteiger partial charge in [-0.2, -0.15) is 0 Å². The maximum absolute atomic E-state index is 4.90. The normalized spacial score (nSPS) is 17.8. The van der Waals surface area contributed by atoms with Crippen molar-refractivity contribution in [2.75, 3.05) is 0 Å². The quantitative estimate of drug-likeness (QED) is 0.577. The predicted octanol–water partition coefficient (Wildman–Crippen LogP) is 4.62. The molecule has 0 radical (unpaired) electrons. The molecule has 1 saturated carbocycles. The van der Waals surface area contributed by atoms with Crippen molar-refractivity contribution in [2.45, 2.75) is 72.3 Å². The van der Waals surface area contributed by atoms with Gasteiger partial charge in [0.1, 0.15) is 5.70 Å². The monoisotopic (exact) mass is 275 g/mol. The van der Waals surface area contributed by atoms with Crippen LogP contribution < -0.4 is 5.32 Å². The van der Waals surface area contributed by atoms with Gasteiger partial charge < -0.3 is 5.32 Å². The zero-order chi connectivity index (χ0) is 15.0. The van der Waals surface area contributed by atoms with Gasteiger partial charge in [-0.1, -0.05) is 32.8 Å². The van der Waals surface area contributed by atoms with E-state index in [9.17, 15) is 0 Å². The molecule has 1 rings (SSSR count). The Balaban J connectivity index is 3.05. The Bertz CT molecular complexity index is 406. The van der Waals surface area contributed by atoms with E-state index in [0.717, 1.165) is 23.7 Å². The molecule has 0 aromatic carbocycles. The minimum Gasteiger partial charge on any atom is -0.346 e. The molecule has 1 fully saturated rings. The van der Waals surface area contributed by atoms with Crippen molar-refractivity contribution in [3.63, 3.8) is 0 Å². The van der Waals surface area contributed by atoms with E-state index in [1.165, 1.54) is 37.7 Å². The highest BCUT2D eigenvalue weighted by molar-refractivity contribution is 6.01. The molecule has 0 aliphatic heterocycles. The van der Waals surface area contributed by atoms with Crippen LogP contribution in [0, 0.1) is 0 Å². The first kappa shape index (κ1) is 16.7. The maximum Gasteiger partial charge on any atom is 0.151 e. The average molecular weight is 275 g/mol. The minimum absolute atomic E-state index is 0.428. The Kier molecular flexibility index (Phi) is 7.27. The number of aliphatic imine (C=N–C) groups is 2. The van der Waals surface area contributed by atoms with Crippen LogP contribution in [-0.4, -0.2) is 17.6 Å². The molecule has 112 valence electrons. The van der Waals surface area contributed by atoms with E-state index in [1.807, 2.05) is 0 Å². The summed E-state index contributed by atoms with van der Waals surface area (Å²) in [7, 11) is 0. The van der Waals surface area contributed by atoms with Crippen LogP contribution in [0.5, 0.6) is 0 Å². The topological polar surface area (TPSA) is 36.8 Å². The third-order valence-electron chi connectivity index (χ3n) is 3.64. The summed E-state index contributed by atoms with van der Waals surface area (Å²) in [4.78, 5) is 9.64. The fourth-order valence-electron chi connectivity index (χ4n) is 2.33. The highest BCUT2D eigenvalue weighted by Gasteiger charge is 2.15. The lowest BCUT2D eigenvalue weighted by Gasteiger charge is -2.20. The van der Waals surface area contributed by atoms with E-state index >= 15 is 0 Å². The number of hydrogen-bond acceptors (Lipinski definition) is 2. The Morgan fingerprint density at radius 2 is 1.85 bits per heavy atom. The van der Waals surface area contributed by atoms with Gasteiger partial charge in [-0.25, -0.2) is 0 Å². The van der Waals surface area contributed by atoms with Crippen LogP contribution in [0.4, 0.5) is 0 Å². The molecule has 1 aliphatic carbocycles. The van der Waals surface area contributed by atoms with Gasteiger partial charge in [-0.3, -0.25) is 9.98 Å². The first-order valence-corrected chi connectivity index (χ1v) is 7.75. The van der Waals surface area contributed by atoms with Crippen molar-refractivity contribution in [2.24, 2.45) is 9.98 Å². The van der Waals surface area contributed by atoms with Gasteiger partial charge in [0.2, 0.25) is 0 Å². The zero-order valence-corrected chi connectivity index (χ0v) is 13.5. The third-order valence-corrected chi connectivity index (χ3v) is 3.64. The first-order chi connectivity index (χ1) is 9.58. The van der Waals surface area contributed by atoms with Crippen molar-refractivity contribution >= 4 is 11.5 Å². The summed E-state index contributed by atoms with van der Waals surface area (Å²) in [6.45, 7) is 12.1. The van der Waals surface area contributed by atoms with Gasteiger partial charge in [0.25, 0.3) is 0 Å². The molecule has 3 heteroatoms. The summed E-state index contributed by atoms with van der Waals surface area (Å²) in [5.41, 5.74) is 3.28. The highest BCUT2D eigenvalue weighted by Crippen LogP contribution is 2.21. The van der Waals surface area contributed by atoms with Crippen molar-refractivity contribution in [1.82, 2.24) is 5.32 Å². The van der Waals surface area contributed by atoms with Gasteiger partial charge in [-0.15, -0.1) is 0 Å². The molecular formula is C17H29N3. The van der Waals surface area contributed by atoms with Gasteiger partial charge >= 0.3 is 0 Å². The zero-order valence-electron chi connectivity index (χ0n) is 13.5. The summed E-state index contributed by atoms with van der Waals surface area (Å²) in [5, 5.41) is 3.19. The van der Waals surface area contributed by atoms with E-state index in [-0.39, 0.29) is 0 Å². The summed E-state index contributed by atoms with van der Waals surface area (Å²) in [5.74, 6) is 0.875. The Hall–Kier alpha value is -1.38. The summed E-state index contributed by atoms with van der Waals surface area (Å²) < 4.78 is 0. The molecule has 20 heavy (non-hydrogen) atoms. The van der Waals surface area contributed by atoms with E-state index in [4.69, 9.17) is 9.98 Å². The number of rotatable bonds is 5. The molecular weight excluding hydrogens is 246 g/mol. The van der Waals surface area contributed by atoms with Gasteiger partial charge in [-0.05, 0) is 51.8 Å². The van der Waals surface area contributed by atoms with E-state index in [0.29, 0.717) is 6.04 Å². The fourth-order valence-corrected chi connectivity index (χ4v) is 2.33. The van der Waals surface area contributed by atoms with Crippen LogP contribution >= 0.6 is 0 Å². The van der Waals surface area contributed by atoms with Gasteiger partial charge in [0.15, 0.2) is 5.84 Å². The van der Waals surface area contributed by atoms with Crippen LogP contribution in [0.15, 0.2) is 34.0 Å². The van der Waals surface area contributed by atoms with Crippen molar-refractivity contribution in [3.05, 3.63) is 24.0 Å². The standard InChI is InChI=1S/C17H29N3/c1-6-14(5)19-16(13(3)4)17(18-7-2)20-15-11-9-8-10-12-15/h7,15H,2,6,8-12H2,1,3-5H3,(H,18,20). The van der Waals surface area contributed by atoms with Gasteiger partial charge in [0, 0.05) is 5.71 Å². The first-order valence-electron chi connectivity index (χ1n) is 7.75. The third kappa shape index (κ3) is 5.32. The number of nitrogens with zero attached hydrogens (tertiary/aromatic N) is 2. The number of hydrogen-bond donors (Lipinski definition) is 1. The minimum atomic E-state index is 0.428. The van der Waals surface area contributed by atoms with E-state index < -0.39 is 0 Å². The van der Waals surface area contributed by atoms with Crippen molar-refractivity contribution in [1.29, 1.82) is 0 Å². The molecule has 3 nitrogen and oxygen atoms in total. The number of allylic oxidation sites excluding steroid dienone is 1. The molecule has 0 saturated heterocycles. The molecule has 0 amide bonds. The molecule has 0 spiro atoms. The Morgan fingerprint density at radius 1 is 1.20 bits per heavy atom. The van der Waals surface area contributed by atoms with E-state index in [2.05, 4.69) is 39.6 Å². The SMILES string of the molecule is C=CNC(=NC1CCCCC1)C(N=C(C)CC)=C(C)C. The van der Waals surface area contributed by atoms with Crippen molar-refractivity contribution in [3.8, 4) is 0 Å². The molecule has 0 bridgehead atoms. The second-order valence-electron chi connectivity index (χ2n) is 5.67.